The number of nitrogens with zero attached hydrogens (tertiary/aromatic N) is 2. The third-order valence-electron chi connectivity index (χ3n) is 3.85. The summed E-state index contributed by atoms with van der Waals surface area (Å²) in [6.07, 6.45) is 1.89. The van der Waals surface area contributed by atoms with Crippen molar-refractivity contribution in [2.45, 2.75) is 26.7 Å². The summed E-state index contributed by atoms with van der Waals surface area (Å²) in [4.78, 5) is 26.2. The molecule has 4 heteroatoms. The zero-order valence-electron chi connectivity index (χ0n) is 11.8. The van der Waals surface area contributed by atoms with Crippen LogP contribution in [0.25, 0.3) is 0 Å². The van der Waals surface area contributed by atoms with Gasteiger partial charge < -0.3 is 4.90 Å². The topological polar surface area (TPSA) is 61.2 Å². The maximum atomic E-state index is 12.4. The third kappa shape index (κ3) is 2.72. The van der Waals surface area contributed by atoms with Crippen LogP contribution in [-0.4, -0.2) is 29.7 Å². The van der Waals surface area contributed by atoms with Crippen LogP contribution in [0.1, 0.15) is 34.3 Å². The molecule has 0 aliphatic carbocycles. The lowest BCUT2D eigenvalue weighted by Gasteiger charge is -2.18. The molecule has 1 aliphatic rings. The molecule has 1 amide bonds. The Balaban J connectivity index is 2.22. The molecule has 0 aromatic heterocycles. The number of likely N-dealkylation sites (tertiary alicyclic amines) is 1. The van der Waals surface area contributed by atoms with Crippen molar-refractivity contribution in [3.63, 3.8) is 0 Å². The van der Waals surface area contributed by atoms with Gasteiger partial charge in [-0.3, -0.25) is 9.59 Å². The number of Topliss-reactive ketones (excluding diaryl/α,β-unsaturated/α-hetero) is 1. The van der Waals surface area contributed by atoms with Gasteiger partial charge in [-0.25, -0.2) is 0 Å². The number of carbonyl (C=O) groups is 2. The molecule has 0 radical (unpaired) electrons. The van der Waals surface area contributed by atoms with E-state index in [0.29, 0.717) is 18.7 Å². The molecule has 0 bridgehead atoms. The van der Waals surface area contributed by atoms with Crippen molar-refractivity contribution in [2.75, 3.05) is 13.1 Å². The Bertz CT molecular complexity index is 581. The molecule has 0 N–H and O–H groups in total. The highest BCUT2D eigenvalue weighted by Crippen LogP contribution is 2.18. The normalized spacial score (nSPS) is 15.8. The van der Waals surface area contributed by atoms with Gasteiger partial charge in [-0.05, 0) is 43.9 Å². The van der Waals surface area contributed by atoms with E-state index < -0.39 is 11.7 Å². The van der Waals surface area contributed by atoms with E-state index in [9.17, 15) is 14.9 Å². The van der Waals surface area contributed by atoms with Crippen molar-refractivity contribution < 1.29 is 9.59 Å². The van der Waals surface area contributed by atoms with E-state index in [1.807, 2.05) is 26.0 Å². The third-order valence-corrected chi connectivity index (χ3v) is 3.85. The summed E-state index contributed by atoms with van der Waals surface area (Å²) >= 11 is 0. The van der Waals surface area contributed by atoms with Crippen molar-refractivity contribution in [2.24, 2.45) is 5.92 Å². The number of hydrogen-bond donors (Lipinski definition) is 0. The smallest absolute Gasteiger partial charge is 0.247 e. The molecule has 1 fully saturated rings. The van der Waals surface area contributed by atoms with Crippen LogP contribution >= 0.6 is 0 Å². The lowest BCUT2D eigenvalue weighted by molar-refractivity contribution is -0.131. The summed E-state index contributed by atoms with van der Waals surface area (Å²) in [5.41, 5.74) is 2.51. The molecule has 0 unspecified atom stereocenters. The summed E-state index contributed by atoms with van der Waals surface area (Å²) < 4.78 is 0. The molecule has 104 valence electrons. The fourth-order valence-electron chi connectivity index (χ4n) is 2.41. The Morgan fingerprint density at radius 3 is 2.40 bits per heavy atom. The molecule has 1 aromatic carbocycles. The Morgan fingerprint density at radius 2 is 1.85 bits per heavy atom. The van der Waals surface area contributed by atoms with E-state index in [0.717, 1.165) is 24.0 Å². The second kappa shape index (κ2) is 5.87. The number of aryl methyl sites for hydroxylation is 2. The van der Waals surface area contributed by atoms with Crippen molar-refractivity contribution in [1.29, 1.82) is 5.26 Å². The van der Waals surface area contributed by atoms with Crippen LogP contribution in [0.5, 0.6) is 0 Å². The van der Waals surface area contributed by atoms with Gasteiger partial charge in [0.05, 0.1) is 6.07 Å². The van der Waals surface area contributed by atoms with Crippen LogP contribution in [0.4, 0.5) is 0 Å². The highest BCUT2D eigenvalue weighted by atomic mass is 16.2. The number of hydrogen-bond acceptors (Lipinski definition) is 3. The lowest BCUT2D eigenvalue weighted by atomic mass is 9.95. The minimum atomic E-state index is -1.21. The van der Waals surface area contributed by atoms with E-state index in [1.165, 1.54) is 0 Å². The van der Waals surface area contributed by atoms with Gasteiger partial charge in [-0.1, -0.05) is 12.1 Å². The average molecular weight is 270 g/mol. The van der Waals surface area contributed by atoms with E-state index in [2.05, 4.69) is 0 Å². The summed E-state index contributed by atoms with van der Waals surface area (Å²) in [6, 6.07) is 7.15. The van der Waals surface area contributed by atoms with Gasteiger partial charge >= 0.3 is 0 Å². The first-order valence-corrected chi connectivity index (χ1v) is 6.84. The minimum Gasteiger partial charge on any atom is -0.341 e. The Morgan fingerprint density at radius 1 is 1.20 bits per heavy atom. The molecule has 0 spiro atoms. The van der Waals surface area contributed by atoms with Gasteiger partial charge in [0.25, 0.3) is 0 Å². The highest BCUT2D eigenvalue weighted by Gasteiger charge is 2.32. The largest absolute Gasteiger partial charge is 0.341 e. The summed E-state index contributed by atoms with van der Waals surface area (Å²) in [7, 11) is 0. The van der Waals surface area contributed by atoms with Crippen LogP contribution in [0.2, 0.25) is 0 Å². The fourth-order valence-corrected chi connectivity index (χ4v) is 2.41. The number of nitriles is 1. The van der Waals surface area contributed by atoms with Gasteiger partial charge in [-0.2, -0.15) is 5.26 Å². The maximum absolute atomic E-state index is 12.4. The van der Waals surface area contributed by atoms with Crippen LogP contribution in [0.3, 0.4) is 0 Å². The standard InChI is InChI=1S/C16H18N2O2/c1-11-5-6-13(9-12(11)2)15(19)14(10-17)16(20)18-7-3-4-8-18/h5-6,9,14H,3-4,7-8H2,1-2H3/t14-/m1/s1. The Kier molecular flexibility index (Phi) is 4.19. The van der Waals surface area contributed by atoms with Gasteiger partial charge in [0.2, 0.25) is 5.91 Å². The number of ketones is 1. The first-order chi connectivity index (χ1) is 9.54. The SMILES string of the molecule is Cc1ccc(C(=O)[C@@H](C#N)C(=O)N2CCCC2)cc1C. The molecule has 1 atom stereocenters. The predicted octanol–water partition coefficient (Wildman–Crippen LogP) is 2.25. The predicted molar refractivity (Wildman–Crippen MR) is 75.2 cm³/mol. The monoisotopic (exact) mass is 270 g/mol. The van der Waals surface area contributed by atoms with Gasteiger partial charge in [0, 0.05) is 18.7 Å². The summed E-state index contributed by atoms with van der Waals surface area (Å²) in [6.45, 7) is 5.17. The molecule has 20 heavy (non-hydrogen) atoms. The molecule has 1 aromatic rings. The van der Waals surface area contributed by atoms with Crippen molar-refractivity contribution in [1.82, 2.24) is 4.90 Å². The first-order valence-electron chi connectivity index (χ1n) is 6.84. The molecule has 1 heterocycles. The van der Waals surface area contributed by atoms with Crippen molar-refractivity contribution in [3.05, 3.63) is 34.9 Å². The fraction of sp³-hybridized carbons (Fsp3) is 0.438. The number of rotatable bonds is 3. The molecular formula is C16H18N2O2. The zero-order chi connectivity index (χ0) is 14.7. The van der Waals surface area contributed by atoms with E-state index in [4.69, 9.17) is 0 Å². The van der Waals surface area contributed by atoms with Crippen LogP contribution in [-0.2, 0) is 4.79 Å². The second-order valence-corrected chi connectivity index (χ2v) is 5.26. The van der Waals surface area contributed by atoms with Crippen LogP contribution in [0, 0.1) is 31.1 Å². The second-order valence-electron chi connectivity index (χ2n) is 5.26. The molecule has 2 rings (SSSR count). The van der Waals surface area contributed by atoms with Gasteiger partial charge in [0.15, 0.2) is 11.7 Å². The number of amides is 1. The van der Waals surface area contributed by atoms with Crippen LogP contribution in [0.15, 0.2) is 18.2 Å². The molecule has 1 aliphatic heterocycles. The molecule has 4 nitrogen and oxygen atoms in total. The van der Waals surface area contributed by atoms with Gasteiger partial charge in [0.1, 0.15) is 0 Å². The summed E-state index contributed by atoms with van der Waals surface area (Å²) in [5.74, 6) is -1.96. The summed E-state index contributed by atoms with van der Waals surface area (Å²) in [5, 5.41) is 9.19. The minimum absolute atomic E-state index is 0.353. The van der Waals surface area contributed by atoms with Gasteiger partial charge in [-0.15, -0.1) is 0 Å². The molecular weight excluding hydrogens is 252 g/mol. The zero-order valence-corrected chi connectivity index (χ0v) is 11.8. The molecule has 0 saturated carbocycles. The average Bonchev–Trinajstić information content (AvgIpc) is 2.96. The van der Waals surface area contributed by atoms with Crippen molar-refractivity contribution >= 4 is 11.7 Å². The highest BCUT2D eigenvalue weighted by molar-refractivity contribution is 6.12. The number of carbonyl (C=O) groups excluding carboxylic acids is 2. The first kappa shape index (κ1) is 14.3. The lowest BCUT2D eigenvalue weighted by Crippen LogP contribution is -2.37. The molecule has 1 saturated heterocycles. The van der Waals surface area contributed by atoms with Crippen molar-refractivity contribution in [3.8, 4) is 6.07 Å². The van der Waals surface area contributed by atoms with E-state index in [1.54, 1.807) is 17.0 Å². The van der Waals surface area contributed by atoms with E-state index in [-0.39, 0.29) is 5.91 Å². The Hall–Kier alpha value is -2.15. The maximum Gasteiger partial charge on any atom is 0.247 e. The van der Waals surface area contributed by atoms with Crippen LogP contribution < -0.4 is 0 Å². The Labute approximate surface area is 119 Å². The number of benzene rings is 1. The van der Waals surface area contributed by atoms with E-state index >= 15 is 0 Å². The quantitative estimate of drug-likeness (QED) is 0.625.